The fourth-order valence-electron chi connectivity index (χ4n) is 3.67. The van der Waals surface area contributed by atoms with Gasteiger partial charge in [-0.1, -0.05) is 36.4 Å². The van der Waals surface area contributed by atoms with Crippen LogP contribution in [-0.2, 0) is 5.60 Å². The van der Waals surface area contributed by atoms with Gasteiger partial charge in [0, 0.05) is 19.6 Å². The van der Waals surface area contributed by atoms with Crippen LogP contribution in [0.15, 0.2) is 48.5 Å². The van der Waals surface area contributed by atoms with E-state index in [0.29, 0.717) is 19.4 Å². The number of piperidine rings is 1. The molecule has 0 bridgehead atoms. The summed E-state index contributed by atoms with van der Waals surface area (Å²) in [5.41, 5.74) is 2.26. The van der Waals surface area contributed by atoms with Gasteiger partial charge in [-0.2, -0.15) is 0 Å². The zero-order chi connectivity index (χ0) is 17.9. The normalized spacial score (nSPS) is 18.7. The molecule has 1 aliphatic heterocycles. The third-order valence-electron chi connectivity index (χ3n) is 5.24. The second kappa shape index (κ2) is 7.56. The van der Waals surface area contributed by atoms with E-state index in [1.807, 2.05) is 55.5 Å². The summed E-state index contributed by atoms with van der Waals surface area (Å²) in [4.78, 5) is 2.22. The number of rotatable bonds is 5. The highest BCUT2D eigenvalue weighted by atomic mass is 16.5. The molecule has 0 saturated carbocycles. The number of hydrogen-bond donors (Lipinski definition) is 2. The number of methoxy groups -OCH3 is 1. The van der Waals surface area contributed by atoms with Crippen molar-refractivity contribution < 1.29 is 14.9 Å². The van der Waals surface area contributed by atoms with Crippen LogP contribution in [0.2, 0.25) is 0 Å². The molecule has 0 spiro atoms. The monoisotopic (exact) mass is 341 g/mol. The minimum atomic E-state index is -0.761. The van der Waals surface area contributed by atoms with Crippen LogP contribution in [0.1, 0.15) is 35.6 Å². The van der Waals surface area contributed by atoms with Crippen molar-refractivity contribution in [2.75, 3.05) is 26.7 Å². The molecular weight excluding hydrogens is 314 g/mol. The van der Waals surface area contributed by atoms with Crippen molar-refractivity contribution in [1.82, 2.24) is 4.90 Å². The van der Waals surface area contributed by atoms with Crippen molar-refractivity contribution in [1.29, 1.82) is 0 Å². The molecule has 4 nitrogen and oxygen atoms in total. The van der Waals surface area contributed by atoms with Crippen molar-refractivity contribution in [3.8, 4) is 5.75 Å². The minimum Gasteiger partial charge on any atom is -0.497 e. The number of aryl methyl sites for hydroxylation is 1. The Hall–Kier alpha value is -1.88. The van der Waals surface area contributed by atoms with Gasteiger partial charge in [-0.15, -0.1) is 0 Å². The number of likely N-dealkylation sites (tertiary alicyclic amines) is 1. The van der Waals surface area contributed by atoms with Crippen LogP contribution >= 0.6 is 0 Å². The van der Waals surface area contributed by atoms with E-state index >= 15 is 0 Å². The molecule has 2 aromatic carbocycles. The smallest absolute Gasteiger partial charge is 0.119 e. The molecule has 25 heavy (non-hydrogen) atoms. The van der Waals surface area contributed by atoms with Gasteiger partial charge in [0.2, 0.25) is 0 Å². The third kappa shape index (κ3) is 4.03. The number of benzene rings is 2. The Kier molecular flexibility index (Phi) is 5.42. The maximum atomic E-state index is 11.1. The molecule has 1 saturated heterocycles. The van der Waals surface area contributed by atoms with E-state index in [2.05, 4.69) is 4.90 Å². The summed E-state index contributed by atoms with van der Waals surface area (Å²) in [5, 5.41) is 21.6. The third-order valence-corrected chi connectivity index (χ3v) is 5.24. The maximum absolute atomic E-state index is 11.1. The minimum absolute atomic E-state index is 0.556. The number of hydrogen-bond acceptors (Lipinski definition) is 4. The van der Waals surface area contributed by atoms with Gasteiger partial charge in [-0.3, -0.25) is 0 Å². The first kappa shape index (κ1) is 17.9. The van der Waals surface area contributed by atoms with Crippen molar-refractivity contribution in [2.24, 2.45) is 0 Å². The molecule has 3 rings (SSSR count). The lowest BCUT2D eigenvalue weighted by Crippen LogP contribution is -2.44. The first-order chi connectivity index (χ1) is 12.0. The van der Waals surface area contributed by atoms with Gasteiger partial charge in [0.25, 0.3) is 0 Å². The summed E-state index contributed by atoms with van der Waals surface area (Å²) >= 11 is 0. The molecule has 0 aliphatic carbocycles. The molecule has 1 fully saturated rings. The molecule has 1 heterocycles. The molecule has 2 N–H and O–H groups in total. The molecule has 4 heteroatoms. The van der Waals surface area contributed by atoms with Gasteiger partial charge in [0.15, 0.2) is 0 Å². The van der Waals surface area contributed by atoms with Crippen LogP contribution in [0.5, 0.6) is 5.75 Å². The predicted octanol–water partition coefficient (Wildman–Crippen LogP) is 3.02. The maximum Gasteiger partial charge on any atom is 0.119 e. The van der Waals surface area contributed by atoms with E-state index < -0.39 is 11.7 Å². The Morgan fingerprint density at radius 2 is 1.84 bits per heavy atom. The molecule has 2 aromatic rings. The van der Waals surface area contributed by atoms with E-state index in [0.717, 1.165) is 35.5 Å². The number of aliphatic hydroxyl groups is 2. The van der Waals surface area contributed by atoms with E-state index in [1.165, 1.54) is 0 Å². The van der Waals surface area contributed by atoms with Gasteiger partial charge in [0.1, 0.15) is 5.75 Å². The van der Waals surface area contributed by atoms with Gasteiger partial charge in [0.05, 0.1) is 18.8 Å². The Bertz CT molecular complexity index is 708. The molecule has 0 amide bonds. The molecule has 0 aromatic heterocycles. The zero-order valence-electron chi connectivity index (χ0n) is 15.0. The van der Waals surface area contributed by atoms with Crippen LogP contribution in [0.25, 0.3) is 0 Å². The number of β-amino-alcohol motifs (C(OH)–C–C–N with tert-alkyl or cyclic N) is 1. The van der Waals surface area contributed by atoms with Gasteiger partial charge in [-0.05, 0) is 48.6 Å². The second-order valence-electron chi connectivity index (χ2n) is 6.94. The Morgan fingerprint density at radius 3 is 2.52 bits per heavy atom. The molecule has 1 atom stereocenters. The van der Waals surface area contributed by atoms with Gasteiger partial charge in [-0.25, -0.2) is 0 Å². The number of nitrogens with zero attached hydrogens (tertiary/aromatic N) is 1. The summed E-state index contributed by atoms with van der Waals surface area (Å²) in [6.45, 7) is 4.15. The van der Waals surface area contributed by atoms with Crippen molar-refractivity contribution in [3.63, 3.8) is 0 Å². The van der Waals surface area contributed by atoms with Gasteiger partial charge < -0.3 is 19.8 Å². The Morgan fingerprint density at radius 1 is 1.12 bits per heavy atom. The topological polar surface area (TPSA) is 52.9 Å². The number of aliphatic hydroxyl groups excluding tert-OH is 1. The van der Waals surface area contributed by atoms with Crippen LogP contribution in [0.3, 0.4) is 0 Å². The summed E-state index contributed by atoms with van der Waals surface area (Å²) in [6.07, 6.45) is 0.811. The summed E-state index contributed by atoms with van der Waals surface area (Å²) in [7, 11) is 1.63. The van der Waals surface area contributed by atoms with Crippen molar-refractivity contribution >= 4 is 0 Å². The van der Waals surface area contributed by atoms with E-state index in [9.17, 15) is 10.2 Å². The van der Waals surface area contributed by atoms with E-state index in [1.54, 1.807) is 7.11 Å². The Balaban J connectivity index is 1.61. The molecule has 134 valence electrons. The standard InChI is InChI=1S/C21H27NO3/c1-16-6-3-4-9-19(16)21(24)10-12-22(13-11-21)15-20(23)17-7-5-8-18(14-17)25-2/h3-9,14,20,23-24H,10-13,15H2,1-2H3. The first-order valence-corrected chi connectivity index (χ1v) is 8.85. The summed E-state index contributed by atoms with van der Waals surface area (Å²) in [6, 6.07) is 15.6. The van der Waals surface area contributed by atoms with Crippen molar-refractivity contribution in [3.05, 3.63) is 65.2 Å². The van der Waals surface area contributed by atoms with Crippen LogP contribution in [0, 0.1) is 6.92 Å². The van der Waals surface area contributed by atoms with E-state index in [4.69, 9.17) is 4.74 Å². The Labute approximate surface area is 149 Å². The average molecular weight is 341 g/mol. The lowest BCUT2D eigenvalue weighted by molar-refractivity contribution is -0.0349. The highest BCUT2D eigenvalue weighted by molar-refractivity contribution is 5.32. The SMILES string of the molecule is COc1cccc(C(O)CN2CCC(O)(c3ccccc3C)CC2)c1. The molecule has 0 radical (unpaired) electrons. The fourth-order valence-corrected chi connectivity index (χ4v) is 3.67. The first-order valence-electron chi connectivity index (χ1n) is 8.85. The highest BCUT2D eigenvalue weighted by Gasteiger charge is 2.35. The van der Waals surface area contributed by atoms with Gasteiger partial charge >= 0.3 is 0 Å². The highest BCUT2D eigenvalue weighted by Crippen LogP contribution is 2.35. The predicted molar refractivity (Wildman–Crippen MR) is 98.7 cm³/mol. The van der Waals surface area contributed by atoms with Crippen LogP contribution in [0.4, 0.5) is 0 Å². The molecule has 1 aliphatic rings. The van der Waals surface area contributed by atoms with Crippen LogP contribution < -0.4 is 4.74 Å². The number of ether oxygens (including phenoxy) is 1. The quantitative estimate of drug-likeness (QED) is 0.878. The summed E-state index contributed by atoms with van der Waals surface area (Å²) < 4.78 is 5.22. The lowest BCUT2D eigenvalue weighted by atomic mass is 9.82. The van der Waals surface area contributed by atoms with Crippen molar-refractivity contribution in [2.45, 2.75) is 31.5 Å². The fraction of sp³-hybridized carbons (Fsp3) is 0.429. The lowest BCUT2D eigenvalue weighted by Gasteiger charge is -2.39. The average Bonchev–Trinajstić information content (AvgIpc) is 2.64. The molecular formula is C21H27NO3. The largest absolute Gasteiger partial charge is 0.497 e. The summed E-state index contributed by atoms with van der Waals surface area (Å²) in [5.74, 6) is 0.754. The van der Waals surface area contributed by atoms with Crippen LogP contribution in [-0.4, -0.2) is 41.9 Å². The zero-order valence-corrected chi connectivity index (χ0v) is 15.0. The second-order valence-corrected chi connectivity index (χ2v) is 6.94. The van der Waals surface area contributed by atoms with E-state index in [-0.39, 0.29) is 0 Å². The molecule has 1 unspecified atom stereocenters.